The molecule has 2 atom stereocenters. The molecule has 0 radical (unpaired) electrons. The molecule has 4 heterocycles. The van der Waals surface area contributed by atoms with E-state index in [1.807, 2.05) is 18.3 Å². The number of nitrogens with zero attached hydrogens (tertiary/aromatic N) is 4. The Labute approximate surface area is 356 Å². The van der Waals surface area contributed by atoms with Gasteiger partial charge in [0.05, 0.1) is 5.69 Å². The summed E-state index contributed by atoms with van der Waals surface area (Å²) in [6.07, 6.45) is 1.94. The first-order chi connectivity index (χ1) is 27.5. The van der Waals surface area contributed by atoms with Crippen molar-refractivity contribution in [2.75, 3.05) is 0 Å². The van der Waals surface area contributed by atoms with E-state index < -0.39 is 0 Å². The zero-order valence-corrected chi connectivity index (χ0v) is 36.3. The van der Waals surface area contributed by atoms with Gasteiger partial charge in [-0.05, 0) is 68.7 Å². The number of aromatic nitrogens is 2. The Hall–Kier alpha value is -5.32. The van der Waals surface area contributed by atoms with E-state index in [2.05, 4.69) is 193 Å². The van der Waals surface area contributed by atoms with Crippen LogP contribution in [-0.2, 0) is 26.5 Å². The van der Waals surface area contributed by atoms with E-state index in [9.17, 15) is 0 Å². The Morgan fingerprint density at radius 2 is 1.33 bits per heavy atom. The Balaban J connectivity index is 0.00000436. The molecule has 2 aliphatic rings. The van der Waals surface area contributed by atoms with Crippen LogP contribution in [0.1, 0.15) is 77.0 Å². The molecule has 0 N–H and O–H groups in total. The molecule has 6 heteroatoms. The predicted octanol–water partition coefficient (Wildman–Crippen LogP) is 14.1. The van der Waals surface area contributed by atoms with E-state index in [1.165, 1.54) is 44.9 Å². The van der Waals surface area contributed by atoms with Crippen molar-refractivity contribution in [3.05, 3.63) is 175 Å². The number of pyridine rings is 1. The summed E-state index contributed by atoms with van der Waals surface area (Å²) >= 11 is 0. The van der Waals surface area contributed by atoms with Gasteiger partial charge < -0.3 is 9.30 Å². The second-order valence-electron chi connectivity index (χ2n) is 17.2. The number of para-hydroxylation sites is 3. The number of fused-ring (bicyclic) bond motifs is 7. The van der Waals surface area contributed by atoms with E-state index in [0.29, 0.717) is 32.5 Å². The summed E-state index contributed by atoms with van der Waals surface area (Å²) in [6, 6.07) is 55.2. The molecule has 10 rings (SSSR count). The molecule has 0 amide bonds. The van der Waals surface area contributed by atoms with Crippen LogP contribution < -0.4 is 13.9 Å². The third kappa shape index (κ3) is 5.66. The van der Waals surface area contributed by atoms with Crippen LogP contribution in [-0.4, -0.2) is 9.55 Å². The zero-order valence-electron chi connectivity index (χ0n) is 34.0. The second-order valence-corrected chi connectivity index (χ2v) is 17.2. The first-order valence-corrected chi connectivity index (χ1v) is 20.1. The average molecular weight is 939 g/mol. The van der Waals surface area contributed by atoms with Gasteiger partial charge in [-0.3, -0.25) is 0 Å². The van der Waals surface area contributed by atoms with Crippen molar-refractivity contribution in [1.82, 2.24) is 18.7 Å². The summed E-state index contributed by atoms with van der Waals surface area (Å²) in [5.41, 5.74) is 13.4. The van der Waals surface area contributed by atoms with E-state index in [0.717, 1.165) is 33.3 Å². The van der Waals surface area contributed by atoms with E-state index in [1.54, 1.807) is 0 Å². The third-order valence-corrected chi connectivity index (χ3v) is 12.0. The SMILES string of the molecule is CC(C)c1cccc(C(C)C)c1-c1ccnc(-n2c3[c-]c(Oc4[c-]c([N+]56[CH-][N@+]5(c5cccc(C(C)(C)C)c5)c5ccccc56)ccc4)ccc3c3ccccc32)c1.[Pt]. The van der Waals surface area contributed by atoms with Crippen molar-refractivity contribution in [2.24, 2.45) is 0 Å². The van der Waals surface area contributed by atoms with Crippen molar-refractivity contribution in [1.29, 1.82) is 0 Å². The van der Waals surface area contributed by atoms with E-state index in [-0.39, 0.29) is 26.5 Å². The molecule has 292 valence electrons. The maximum absolute atomic E-state index is 6.69. The quantitative estimate of drug-likeness (QED) is 0.0862. The second kappa shape index (κ2) is 13.9. The summed E-state index contributed by atoms with van der Waals surface area (Å²) in [6.45, 7) is 18.3. The minimum absolute atomic E-state index is 0. The number of rotatable bonds is 8. The van der Waals surface area contributed by atoms with Gasteiger partial charge in [-0.1, -0.05) is 121 Å². The molecule has 1 saturated heterocycles. The average Bonchev–Trinajstić information content (AvgIpc) is 3.71. The molecular weight excluding hydrogens is 892 g/mol. The fourth-order valence-corrected chi connectivity index (χ4v) is 9.18. The van der Waals surface area contributed by atoms with Gasteiger partial charge in [0.25, 0.3) is 0 Å². The molecule has 1 unspecified atom stereocenters. The molecule has 2 aromatic heterocycles. The molecule has 8 aromatic rings. The smallest absolute Gasteiger partial charge is 0.225 e. The third-order valence-electron chi connectivity index (χ3n) is 12.0. The van der Waals surface area contributed by atoms with Crippen molar-refractivity contribution in [3.8, 4) is 28.4 Å². The largest absolute Gasteiger partial charge is 0.509 e. The van der Waals surface area contributed by atoms with Crippen LogP contribution in [0.25, 0.3) is 38.8 Å². The maximum atomic E-state index is 6.69. The van der Waals surface area contributed by atoms with Crippen LogP contribution in [0.2, 0.25) is 0 Å². The summed E-state index contributed by atoms with van der Waals surface area (Å²) < 4.78 is 10.1. The molecule has 0 spiro atoms. The molecule has 6 aromatic carbocycles. The summed E-state index contributed by atoms with van der Waals surface area (Å²) in [4.78, 5) is 4.99. The van der Waals surface area contributed by atoms with Crippen molar-refractivity contribution in [3.63, 3.8) is 0 Å². The Morgan fingerprint density at radius 1 is 0.655 bits per heavy atom. The first kappa shape index (κ1) is 38.2. The number of benzene rings is 6. The minimum atomic E-state index is 0. The van der Waals surface area contributed by atoms with Gasteiger partial charge in [-0.25, -0.2) is 9.58 Å². The molecule has 0 saturated carbocycles. The van der Waals surface area contributed by atoms with Gasteiger partial charge in [0.1, 0.15) is 5.82 Å². The van der Waals surface area contributed by atoms with E-state index in [4.69, 9.17) is 9.72 Å². The van der Waals surface area contributed by atoms with Gasteiger partial charge in [-0.15, -0.1) is 29.7 Å². The van der Waals surface area contributed by atoms with Crippen LogP contribution in [0.5, 0.6) is 11.5 Å². The fourth-order valence-electron chi connectivity index (χ4n) is 9.18. The molecule has 0 bridgehead atoms. The van der Waals surface area contributed by atoms with Crippen molar-refractivity contribution < 1.29 is 25.8 Å². The molecule has 2 aliphatic heterocycles. The molecule has 0 aliphatic carbocycles. The Kier molecular flexibility index (Phi) is 9.16. The number of hydrogen-bond acceptors (Lipinski definition) is 2. The molecule has 5 nitrogen and oxygen atoms in total. The van der Waals surface area contributed by atoms with Crippen LogP contribution in [0.4, 0.5) is 22.7 Å². The summed E-state index contributed by atoms with van der Waals surface area (Å²) in [5.74, 6) is 2.90. The van der Waals surface area contributed by atoms with Gasteiger partial charge >= 0.3 is 0 Å². The molecule has 1 fully saturated rings. The maximum Gasteiger partial charge on any atom is 0.225 e. The predicted molar refractivity (Wildman–Crippen MR) is 235 cm³/mol. The topological polar surface area (TPSA) is 27.1 Å². The van der Waals surface area contributed by atoms with Crippen molar-refractivity contribution in [2.45, 2.75) is 65.7 Å². The van der Waals surface area contributed by atoms with Crippen LogP contribution >= 0.6 is 0 Å². The minimum Gasteiger partial charge on any atom is -0.509 e. The monoisotopic (exact) mass is 938 g/mol. The summed E-state index contributed by atoms with van der Waals surface area (Å²) in [5, 5.41) is 2.25. The van der Waals surface area contributed by atoms with Gasteiger partial charge in [0.2, 0.25) is 11.4 Å². The number of hydrogen-bond donors (Lipinski definition) is 0. The molecular formula is C52H47N4OPt-. The zero-order chi connectivity index (χ0) is 39.3. The van der Waals surface area contributed by atoms with Crippen LogP contribution in [0.15, 0.2) is 140 Å². The number of quaternary nitrogens is 2. The van der Waals surface area contributed by atoms with Gasteiger partial charge in [0, 0.05) is 68.5 Å². The normalized spacial score (nSPS) is 18.2. The Morgan fingerprint density at radius 3 is 2.07 bits per heavy atom. The first-order valence-electron chi connectivity index (χ1n) is 20.1. The van der Waals surface area contributed by atoms with Gasteiger partial charge in [-0.2, -0.15) is 16.7 Å². The van der Waals surface area contributed by atoms with Crippen molar-refractivity contribution >= 4 is 44.6 Å². The molecule has 58 heavy (non-hydrogen) atoms. The standard InChI is InChI=1S/C52H47N4O.Pt/c1-34(2)42-20-14-21-43(35(3)4)51(42)36-27-28-53-50(29-36)54-46-22-9-8-19-44(46)45-26-25-41(32-47(45)54)57-40-18-13-17-39(31-40)56-33-55(56,48-23-10-11-24-49(48)56)38-16-12-15-37(30-38)52(5,6)7;/h8-30,33-35H,1-7H3;/q-1;/t55-,56?;/m0./s1. The Bertz CT molecular complexity index is 2860. The van der Waals surface area contributed by atoms with Crippen LogP contribution in [0.3, 0.4) is 0 Å². The number of ether oxygens (including phenoxy) is 1. The fraction of sp³-hybridized carbons (Fsp3) is 0.192. The van der Waals surface area contributed by atoms with Gasteiger partial charge in [0.15, 0.2) is 12.4 Å². The van der Waals surface area contributed by atoms with Crippen LogP contribution in [0, 0.1) is 18.8 Å². The summed E-state index contributed by atoms with van der Waals surface area (Å²) in [7, 11) is 0. The van der Waals surface area contributed by atoms with E-state index >= 15 is 0 Å².